The number of nitrogens with one attached hydrogen (secondary N) is 1. The number of aliphatic hydroxyl groups excluding tert-OH is 1. The van der Waals surface area contributed by atoms with Gasteiger partial charge in [0.05, 0.1) is 12.4 Å². The molecule has 8 heteroatoms. The molecular weight excluding hydrogens is 877 g/mol. The zero-order valence-corrected chi connectivity index (χ0v) is 38.0. The Labute approximate surface area is 337 Å². The van der Waals surface area contributed by atoms with Gasteiger partial charge in [0.2, 0.25) is 0 Å². The summed E-state index contributed by atoms with van der Waals surface area (Å²) in [4.78, 5) is 19.9. The van der Waals surface area contributed by atoms with E-state index in [1.54, 1.807) is 0 Å². The minimum absolute atomic E-state index is 0. The Balaban J connectivity index is 0.000000289. The van der Waals surface area contributed by atoms with Crippen LogP contribution in [0.5, 0.6) is 0 Å². The monoisotopic (exact) mass is 934 g/mol. The summed E-state index contributed by atoms with van der Waals surface area (Å²) in [5.41, 5.74) is 5.73. The number of anilines is 1. The summed E-state index contributed by atoms with van der Waals surface area (Å²) in [6.07, 6.45) is 5.90. The molecule has 3 aromatic heterocycles. The molecule has 1 aliphatic heterocycles. The van der Waals surface area contributed by atoms with Gasteiger partial charge in [0.1, 0.15) is 5.76 Å². The van der Waals surface area contributed by atoms with Crippen molar-refractivity contribution < 1.29 is 30.0 Å². The molecule has 0 fully saturated rings. The van der Waals surface area contributed by atoms with Gasteiger partial charge in [-0.1, -0.05) is 93.4 Å². The van der Waals surface area contributed by atoms with Crippen LogP contribution >= 0.6 is 34.0 Å². The quantitative estimate of drug-likeness (QED) is 0.0833. The standard InChI is InChI=1S/C29H29N2S3.C15H28O2.Ir/c1-15(2)11-22-16(3)23-21(33-22)8-7-19-25-28(34-27(19)23)24(30-14-31-25)18-12-17-9-10-32-26(17)20(13-18)29(4,5)6;1-7-14(5,8-2)12(16)11-13(17)15(6,9-3)10-4;/h7-10,13,15,31H,11,14H2,1-6H3;11,16H,7-10H2,1-6H3;/q-1;;/b;12-11-;. The number of allylic oxidation sites excluding steroid dienone is 2. The van der Waals surface area contributed by atoms with Crippen LogP contribution in [0.1, 0.15) is 128 Å². The molecule has 0 amide bonds. The molecule has 4 nitrogen and oxygen atoms in total. The fraction of sp³-hybridized carbons (Fsp3) is 0.500. The molecule has 0 spiro atoms. The normalized spacial score (nSPS) is 13.9. The van der Waals surface area contributed by atoms with Gasteiger partial charge in [0, 0.05) is 72.6 Å². The van der Waals surface area contributed by atoms with Gasteiger partial charge in [-0.2, -0.15) is 11.3 Å². The molecule has 0 atom stereocenters. The fourth-order valence-corrected chi connectivity index (χ4v) is 10.7. The maximum Gasteiger partial charge on any atom is 0.164 e. The van der Waals surface area contributed by atoms with Crippen LogP contribution in [0.15, 0.2) is 46.5 Å². The van der Waals surface area contributed by atoms with Crippen molar-refractivity contribution in [1.29, 1.82) is 0 Å². The van der Waals surface area contributed by atoms with Crippen molar-refractivity contribution in [2.75, 3.05) is 12.0 Å². The average Bonchev–Trinajstić information content (AvgIpc) is 3.81. The summed E-state index contributed by atoms with van der Waals surface area (Å²) >= 11 is 5.68. The number of carbonyl (C=O) groups excluding carboxylic acids is 1. The number of benzene rings is 2. The number of aryl methyl sites for hydroxylation is 1. The van der Waals surface area contributed by atoms with E-state index < -0.39 is 0 Å². The summed E-state index contributed by atoms with van der Waals surface area (Å²) in [6.45, 7) is 26.5. The summed E-state index contributed by atoms with van der Waals surface area (Å²) in [5.74, 6) is 0.951. The second-order valence-electron chi connectivity index (χ2n) is 16.2. The van der Waals surface area contributed by atoms with Crippen LogP contribution in [0.3, 0.4) is 0 Å². The molecule has 0 saturated heterocycles. The summed E-state index contributed by atoms with van der Waals surface area (Å²) in [5, 5.41) is 19.9. The molecule has 0 saturated carbocycles. The number of hydrogen-bond donors (Lipinski definition) is 2. The van der Waals surface area contributed by atoms with Crippen molar-refractivity contribution in [3.8, 4) is 0 Å². The van der Waals surface area contributed by atoms with Gasteiger partial charge >= 0.3 is 0 Å². The topological polar surface area (TPSA) is 61.7 Å². The van der Waals surface area contributed by atoms with Gasteiger partial charge in [-0.05, 0) is 72.1 Å². The van der Waals surface area contributed by atoms with E-state index in [1.807, 2.05) is 75.6 Å². The van der Waals surface area contributed by atoms with Gasteiger partial charge < -0.3 is 15.4 Å². The number of nitrogens with zero attached hydrogens (tertiary/aromatic N) is 1. The maximum atomic E-state index is 12.2. The Bertz CT molecular complexity index is 2110. The molecule has 2 aromatic carbocycles. The smallest absolute Gasteiger partial charge is 0.164 e. The minimum Gasteiger partial charge on any atom is -0.512 e. The molecule has 1 aliphatic rings. The molecule has 0 bridgehead atoms. The largest absolute Gasteiger partial charge is 0.512 e. The first-order valence-corrected chi connectivity index (χ1v) is 21.2. The number of aliphatic imine (C=N–C) groups is 1. The number of thiophene rings is 3. The van der Waals surface area contributed by atoms with Crippen molar-refractivity contribution in [2.45, 2.75) is 121 Å². The molecule has 0 unspecified atom stereocenters. The van der Waals surface area contributed by atoms with E-state index in [9.17, 15) is 9.90 Å². The van der Waals surface area contributed by atoms with Crippen LogP contribution in [-0.4, -0.2) is 23.3 Å². The van der Waals surface area contributed by atoms with Gasteiger partial charge in [0.25, 0.3) is 0 Å². The summed E-state index contributed by atoms with van der Waals surface area (Å²) < 4.78 is 4.13. The van der Waals surface area contributed by atoms with E-state index in [0.717, 1.165) is 43.4 Å². The summed E-state index contributed by atoms with van der Waals surface area (Å²) in [7, 11) is 0. The van der Waals surface area contributed by atoms with Crippen molar-refractivity contribution >= 4 is 81.5 Å². The maximum absolute atomic E-state index is 12.2. The molecule has 2 N–H and O–H groups in total. The van der Waals surface area contributed by atoms with Crippen LogP contribution in [0.25, 0.3) is 30.3 Å². The predicted molar refractivity (Wildman–Crippen MR) is 227 cm³/mol. The van der Waals surface area contributed by atoms with E-state index in [4.69, 9.17) is 4.99 Å². The van der Waals surface area contributed by atoms with Crippen LogP contribution in [-0.2, 0) is 36.7 Å². The van der Waals surface area contributed by atoms with Crippen molar-refractivity contribution in [2.24, 2.45) is 21.7 Å². The number of aliphatic hydroxyl groups is 1. The van der Waals surface area contributed by atoms with Crippen LogP contribution in [0, 0.1) is 29.7 Å². The zero-order valence-electron chi connectivity index (χ0n) is 33.1. The SMILES string of the molecule is CCC(C)(CC)C(=O)/C=C(\O)C(C)(CC)CC.Cc1c(CC(C)C)sc2ccc3c4c(sc3c12)C(c1[c-]c2ccsc2c(C(C)(C)C)c1)=NCN4.[Ir]. The summed E-state index contributed by atoms with van der Waals surface area (Å²) in [6, 6.07) is 12.9. The second-order valence-corrected chi connectivity index (χ2v) is 19.2. The number of rotatable bonds is 10. The Morgan fingerprint density at radius 3 is 2.23 bits per heavy atom. The van der Waals surface area contributed by atoms with Gasteiger partial charge in [-0.3, -0.25) is 4.79 Å². The third kappa shape index (κ3) is 8.17. The average molecular weight is 934 g/mol. The zero-order chi connectivity index (χ0) is 37.5. The number of hydrogen-bond acceptors (Lipinski definition) is 7. The second kappa shape index (κ2) is 16.6. The molecule has 5 aromatic rings. The first-order chi connectivity index (χ1) is 24.0. The Morgan fingerprint density at radius 2 is 1.63 bits per heavy atom. The van der Waals surface area contributed by atoms with Gasteiger partial charge in [-0.25, -0.2) is 0 Å². The van der Waals surface area contributed by atoms with Crippen molar-refractivity contribution in [3.63, 3.8) is 0 Å². The molecular formula is C44H57IrN2O2S3-. The van der Waals surface area contributed by atoms with Gasteiger partial charge in [0.15, 0.2) is 5.78 Å². The molecule has 6 rings (SSSR count). The molecule has 0 aliphatic carbocycles. The van der Waals surface area contributed by atoms with Crippen LogP contribution < -0.4 is 5.32 Å². The molecule has 283 valence electrons. The van der Waals surface area contributed by atoms with Gasteiger partial charge in [-0.15, -0.1) is 46.3 Å². The number of fused-ring (bicyclic) bond motifs is 6. The third-order valence-corrected chi connectivity index (χ3v) is 14.7. The first-order valence-electron chi connectivity index (χ1n) is 18.7. The van der Waals surface area contributed by atoms with E-state index in [2.05, 4.69) is 82.6 Å². The van der Waals surface area contributed by atoms with Crippen molar-refractivity contribution in [1.82, 2.24) is 0 Å². The minimum atomic E-state index is -0.337. The Hall–Kier alpha value is -2.35. The van der Waals surface area contributed by atoms with Crippen LogP contribution in [0.4, 0.5) is 5.69 Å². The van der Waals surface area contributed by atoms with Crippen LogP contribution in [0.2, 0.25) is 0 Å². The predicted octanol–water partition coefficient (Wildman–Crippen LogP) is 13.8. The Kier molecular flexibility index (Phi) is 13.5. The van der Waals surface area contributed by atoms with E-state index in [-0.39, 0.29) is 47.9 Å². The third-order valence-electron chi connectivity index (χ3n) is 11.3. The van der Waals surface area contributed by atoms with E-state index in [0.29, 0.717) is 12.6 Å². The van der Waals surface area contributed by atoms with E-state index >= 15 is 0 Å². The fourth-order valence-electron chi connectivity index (χ4n) is 6.69. The molecule has 1 radical (unpaired) electrons. The number of carbonyl (C=O) groups is 1. The molecule has 4 heterocycles. The van der Waals surface area contributed by atoms with E-state index in [1.165, 1.54) is 62.9 Å². The Morgan fingerprint density at radius 1 is 0.981 bits per heavy atom. The van der Waals surface area contributed by atoms with Crippen molar-refractivity contribution in [3.05, 3.63) is 74.0 Å². The first kappa shape index (κ1) is 42.4. The number of ketones is 1. The molecule has 52 heavy (non-hydrogen) atoms.